The zero-order valence-corrected chi connectivity index (χ0v) is 24.6. The van der Waals surface area contributed by atoms with Crippen LogP contribution in [-0.4, -0.2) is 37.5 Å². The van der Waals surface area contributed by atoms with Gasteiger partial charge in [-0.3, -0.25) is 19.1 Å². The number of fused-ring (bicyclic) bond motifs is 1. The number of carbonyl (C=O) groups is 3. The van der Waals surface area contributed by atoms with E-state index in [1.807, 2.05) is 43.3 Å². The number of nitrogens with one attached hydrogen (secondary N) is 2. The topological polar surface area (TPSA) is 122 Å². The van der Waals surface area contributed by atoms with Crippen molar-refractivity contribution in [3.8, 4) is 5.69 Å². The Hall–Kier alpha value is -5.09. The fourth-order valence-corrected chi connectivity index (χ4v) is 5.97. The van der Waals surface area contributed by atoms with Crippen molar-refractivity contribution in [1.29, 1.82) is 0 Å². The van der Waals surface area contributed by atoms with E-state index in [4.69, 9.17) is 0 Å². The number of benzene rings is 4. The van der Waals surface area contributed by atoms with Crippen molar-refractivity contribution >= 4 is 51.7 Å². The SMILES string of the molecule is CCC(Sc1cccc(NC(=O)c2cccc3cccc(C(=O)O)c23)c1)C(=O)Nc1c(C)n(C)n(-c2ccccc2)c1=O. The molecule has 0 bridgehead atoms. The van der Waals surface area contributed by atoms with Crippen molar-refractivity contribution in [2.75, 3.05) is 10.6 Å². The summed E-state index contributed by atoms with van der Waals surface area (Å²) in [6.45, 7) is 3.68. The Morgan fingerprint density at radius 3 is 2.23 bits per heavy atom. The number of aromatic carboxylic acids is 1. The van der Waals surface area contributed by atoms with Gasteiger partial charge in [-0.1, -0.05) is 55.5 Å². The van der Waals surface area contributed by atoms with Crippen LogP contribution < -0.4 is 16.2 Å². The van der Waals surface area contributed by atoms with E-state index in [0.717, 1.165) is 4.90 Å². The van der Waals surface area contributed by atoms with Crippen molar-refractivity contribution in [2.45, 2.75) is 30.4 Å². The number of aromatic nitrogens is 2. The van der Waals surface area contributed by atoms with Gasteiger partial charge in [0.1, 0.15) is 5.69 Å². The lowest BCUT2D eigenvalue weighted by Crippen LogP contribution is -2.28. The molecule has 1 aromatic heterocycles. The van der Waals surface area contributed by atoms with Crippen molar-refractivity contribution in [3.63, 3.8) is 0 Å². The average Bonchev–Trinajstić information content (AvgIpc) is 3.22. The molecule has 0 saturated heterocycles. The molecule has 0 aliphatic rings. The van der Waals surface area contributed by atoms with E-state index in [1.165, 1.54) is 22.5 Å². The number of carboxylic acids is 1. The molecule has 43 heavy (non-hydrogen) atoms. The number of carboxylic acid groups (broad SMARTS) is 1. The number of amides is 2. The van der Waals surface area contributed by atoms with E-state index >= 15 is 0 Å². The highest BCUT2D eigenvalue weighted by Crippen LogP contribution is 2.30. The van der Waals surface area contributed by atoms with Gasteiger partial charge in [0, 0.05) is 28.6 Å². The summed E-state index contributed by atoms with van der Waals surface area (Å²) in [7, 11) is 1.77. The second kappa shape index (κ2) is 12.4. The molecular weight excluding hydrogens is 564 g/mol. The summed E-state index contributed by atoms with van der Waals surface area (Å²) in [5, 5.41) is 15.9. The maximum absolute atomic E-state index is 13.4. The van der Waals surface area contributed by atoms with Gasteiger partial charge in [-0.15, -0.1) is 11.8 Å². The number of thioether (sulfide) groups is 1. The predicted molar refractivity (Wildman–Crippen MR) is 170 cm³/mol. The van der Waals surface area contributed by atoms with Crippen molar-refractivity contribution in [2.24, 2.45) is 7.05 Å². The predicted octanol–water partition coefficient (Wildman–Crippen LogP) is 6.10. The van der Waals surface area contributed by atoms with Crippen LogP contribution in [0.3, 0.4) is 0 Å². The summed E-state index contributed by atoms with van der Waals surface area (Å²) >= 11 is 1.32. The minimum absolute atomic E-state index is 0.0496. The Morgan fingerprint density at radius 1 is 0.884 bits per heavy atom. The van der Waals surface area contributed by atoms with Crippen LogP contribution in [0, 0.1) is 6.92 Å². The number of anilines is 2. The lowest BCUT2D eigenvalue weighted by atomic mass is 9.98. The molecule has 2 amide bonds. The fourth-order valence-electron chi connectivity index (χ4n) is 4.96. The van der Waals surface area contributed by atoms with Gasteiger partial charge in [0.15, 0.2) is 0 Å². The van der Waals surface area contributed by atoms with Crippen molar-refractivity contribution in [1.82, 2.24) is 9.36 Å². The number of carbonyl (C=O) groups excluding carboxylic acids is 2. The molecule has 0 aliphatic heterocycles. The molecule has 9 nitrogen and oxygen atoms in total. The first-order valence-electron chi connectivity index (χ1n) is 13.7. The largest absolute Gasteiger partial charge is 0.478 e. The maximum Gasteiger partial charge on any atom is 0.336 e. The molecule has 5 rings (SSSR count). The number of rotatable bonds is 9. The van der Waals surface area contributed by atoms with E-state index in [2.05, 4.69) is 10.6 Å². The smallest absolute Gasteiger partial charge is 0.336 e. The fraction of sp³-hybridized carbons (Fsp3) is 0.152. The van der Waals surface area contributed by atoms with Gasteiger partial charge in [-0.25, -0.2) is 9.48 Å². The van der Waals surface area contributed by atoms with Crippen LogP contribution in [0.25, 0.3) is 16.5 Å². The van der Waals surface area contributed by atoms with Gasteiger partial charge in [0.2, 0.25) is 5.91 Å². The first-order valence-corrected chi connectivity index (χ1v) is 14.6. The maximum atomic E-state index is 13.4. The summed E-state index contributed by atoms with van der Waals surface area (Å²) in [5.41, 5.74) is 2.04. The van der Waals surface area contributed by atoms with Crippen LogP contribution in [0.4, 0.5) is 11.4 Å². The highest BCUT2D eigenvalue weighted by Gasteiger charge is 2.24. The number of nitrogens with zero attached hydrogens (tertiary/aromatic N) is 2. The molecule has 0 fully saturated rings. The highest BCUT2D eigenvalue weighted by molar-refractivity contribution is 8.00. The standard InChI is InChI=1S/C33H30N4O5S/c1-4-27(31(39)35-29-20(2)36(3)37(32(29)40)23-14-6-5-7-15-23)43-24-16-10-13-22(19-24)34-30(38)25-17-8-11-21-12-9-18-26(28(21)25)33(41)42/h5-19,27H,4H2,1-3H3,(H,34,38)(H,35,39)(H,41,42). The highest BCUT2D eigenvalue weighted by atomic mass is 32.2. The molecule has 10 heteroatoms. The normalized spacial score (nSPS) is 11.7. The minimum Gasteiger partial charge on any atom is -0.478 e. The number of hydrogen-bond acceptors (Lipinski definition) is 5. The van der Waals surface area contributed by atoms with Crippen molar-refractivity contribution in [3.05, 3.63) is 118 Å². The first-order chi connectivity index (χ1) is 20.7. The molecule has 4 aromatic carbocycles. The first kappa shape index (κ1) is 29.4. The summed E-state index contributed by atoms with van der Waals surface area (Å²) in [6, 6.07) is 26.3. The van der Waals surface area contributed by atoms with E-state index in [1.54, 1.807) is 67.2 Å². The zero-order valence-electron chi connectivity index (χ0n) is 23.8. The van der Waals surface area contributed by atoms with Crippen LogP contribution in [0.2, 0.25) is 0 Å². The lowest BCUT2D eigenvalue weighted by Gasteiger charge is -2.15. The molecule has 1 unspecified atom stereocenters. The molecule has 3 N–H and O–H groups in total. The molecule has 0 saturated carbocycles. The van der Waals surface area contributed by atoms with Crippen LogP contribution in [0.5, 0.6) is 0 Å². The molecule has 1 heterocycles. The molecule has 0 spiro atoms. The van der Waals surface area contributed by atoms with E-state index in [9.17, 15) is 24.3 Å². The third-order valence-electron chi connectivity index (χ3n) is 7.22. The molecular formula is C33H30N4O5S. The van der Waals surface area contributed by atoms with Gasteiger partial charge in [-0.05, 0) is 61.2 Å². The third-order valence-corrected chi connectivity index (χ3v) is 8.57. The molecule has 218 valence electrons. The Morgan fingerprint density at radius 2 is 1.56 bits per heavy atom. The Kier molecular flexibility index (Phi) is 8.49. The third kappa shape index (κ3) is 5.96. The van der Waals surface area contributed by atoms with Gasteiger partial charge in [0.05, 0.1) is 22.2 Å². The van der Waals surface area contributed by atoms with Gasteiger partial charge >= 0.3 is 5.97 Å². The quantitative estimate of drug-likeness (QED) is 0.177. The number of hydrogen-bond donors (Lipinski definition) is 3. The zero-order chi connectivity index (χ0) is 30.7. The van der Waals surface area contributed by atoms with E-state index < -0.39 is 17.1 Å². The van der Waals surface area contributed by atoms with Crippen LogP contribution in [0.15, 0.2) is 101 Å². The average molecular weight is 595 g/mol. The molecule has 0 aliphatic carbocycles. The van der Waals surface area contributed by atoms with E-state index in [0.29, 0.717) is 34.3 Å². The molecule has 5 aromatic rings. The molecule has 0 radical (unpaired) electrons. The monoisotopic (exact) mass is 594 g/mol. The van der Waals surface area contributed by atoms with Gasteiger partial charge in [-0.2, -0.15) is 0 Å². The van der Waals surface area contributed by atoms with Crippen LogP contribution >= 0.6 is 11.8 Å². The Labute approximate surface area is 252 Å². The van der Waals surface area contributed by atoms with E-state index in [-0.39, 0.29) is 28.3 Å². The summed E-state index contributed by atoms with van der Waals surface area (Å²) in [4.78, 5) is 52.5. The summed E-state index contributed by atoms with van der Waals surface area (Å²) in [5.74, 6) is -1.86. The second-order valence-corrected chi connectivity index (χ2v) is 11.2. The van der Waals surface area contributed by atoms with Crippen LogP contribution in [0.1, 0.15) is 39.8 Å². The second-order valence-electron chi connectivity index (χ2n) is 9.94. The van der Waals surface area contributed by atoms with Gasteiger partial charge in [0.25, 0.3) is 11.5 Å². The van der Waals surface area contributed by atoms with Gasteiger partial charge < -0.3 is 15.7 Å². The summed E-state index contributed by atoms with van der Waals surface area (Å²) in [6.07, 6.45) is 0.500. The minimum atomic E-state index is -1.11. The van der Waals surface area contributed by atoms with Crippen LogP contribution in [-0.2, 0) is 11.8 Å². The van der Waals surface area contributed by atoms with Crippen molar-refractivity contribution < 1.29 is 19.5 Å². The Balaban J connectivity index is 1.34. The number of para-hydroxylation sites is 1. The Bertz CT molecular complexity index is 1910. The lowest BCUT2D eigenvalue weighted by molar-refractivity contribution is -0.115. The summed E-state index contributed by atoms with van der Waals surface area (Å²) < 4.78 is 3.23. The molecule has 1 atom stereocenters.